The first kappa shape index (κ1) is 9.13. The number of fused-ring (bicyclic) bond motifs is 2. The third kappa shape index (κ3) is 1.38. The number of hydrogen-bond acceptors (Lipinski definition) is 3. The summed E-state index contributed by atoms with van der Waals surface area (Å²) in [7, 11) is 0. The fourth-order valence-corrected chi connectivity index (χ4v) is 3.62. The van der Waals surface area contributed by atoms with Crippen LogP contribution in [0.25, 0.3) is 0 Å². The molecule has 2 saturated heterocycles. The highest BCUT2D eigenvalue weighted by atomic mass is 35.5. The summed E-state index contributed by atoms with van der Waals surface area (Å²) in [5.41, 5.74) is 0. The molecule has 2 fully saturated rings. The van der Waals surface area contributed by atoms with Gasteiger partial charge in [-0.25, -0.2) is 4.98 Å². The van der Waals surface area contributed by atoms with Crippen molar-refractivity contribution in [3.63, 3.8) is 0 Å². The van der Waals surface area contributed by atoms with Gasteiger partial charge in [0, 0.05) is 17.0 Å². The highest BCUT2D eigenvalue weighted by Gasteiger charge is 2.42. The van der Waals surface area contributed by atoms with Crippen LogP contribution < -0.4 is 0 Å². The summed E-state index contributed by atoms with van der Waals surface area (Å²) in [5, 5.41) is 1.23. The summed E-state index contributed by atoms with van der Waals surface area (Å²) < 4.78 is 5.82. The number of thiazole rings is 1. The Hall–Kier alpha value is -0.120. The normalized spacial score (nSPS) is 35.4. The van der Waals surface area contributed by atoms with Crippen LogP contribution in [0.2, 0.25) is 0 Å². The molecule has 0 N–H and O–H groups in total. The molecule has 4 heteroatoms. The van der Waals surface area contributed by atoms with Gasteiger partial charge in [0.1, 0.15) is 0 Å². The molecule has 76 valence electrons. The first-order valence-electron chi connectivity index (χ1n) is 5.03. The number of hydrogen-bond donors (Lipinski definition) is 0. The predicted molar refractivity (Wildman–Crippen MR) is 56.9 cm³/mol. The molecule has 0 aromatic carbocycles. The molecule has 0 saturated carbocycles. The van der Waals surface area contributed by atoms with E-state index >= 15 is 0 Å². The molecular formula is C10H12ClNOS. The molecule has 3 rings (SSSR count). The summed E-state index contributed by atoms with van der Waals surface area (Å²) in [4.78, 5) is 5.61. The van der Waals surface area contributed by atoms with Gasteiger partial charge < -0.3 is 4.74 Å². The van der Waals surface area contributed by atoms with Crippen LogP contribution in [0.1, 0.15) is 35.1 Å². The molecule has 2 aliphatic heterocycles. The molecule has 1 aromatic rings. The van der Waals surface area contributed by atoms with Gasteiger partial charge in [-0.1, -0.05) is 0 Å². The number of aromatic nitrogens is 1. The standard InChI is InChI=1S/C10H12ClNOS/c11-4-7-5-12-10(14-7)8-3-6-1-2-9(8)13-6/h5-6,8-9H,1-4H2. The van der Waals surface area contributed by atoms with Gasteiger partial charge in [0.15, 0.2) is 0 Å². The van der Waals surface area contributed by atoms with Crippen LogP contribution in [0, 0.1) is 0 Å². The van der Waals surface area contributed by atoms with Crippen LogP contribution in [-0.2, 0) is 10.6 Å². The largest absolute Gasteiger partial charge is 0.374 e. The molecule has 0 radical (unpaired) electrons. The molecule has 3 atom stereocenters. The Bertz CT molecular complexity index is 341. The van der Waals surface area contributed by atoms with E-state index in [1.807, 2.05) is 6.20 Å². The van der Waals surface area contributed by atoms with Gasteiger partial charge in [-0.3, -0.25) is 0 Å². The van der Waals surface area contributed by atoms with E-state index < -0.39 is 0 Å². The Morgan fingerprint density at radius 2 is 2.50 bits per heavy atom. The zero-order valence-electron chi connectivity index (χ0n) is 7.78. The Labute approximate surface area is 92.3 Å². The molecule has 14 heavy (non-hydrogen) atoms. The monoisotopic (exact) mass is 229 g/mol. The number of nitrogens with zero attached hydrogens (tertiary/aromatic N) is 1. The van der Waals surface area contributed by atoms with Crippen molar-refractivity contribution in [1.29, 1.82) is 0 Å². The summed E-state index contributed by atoms with van der Waals surface area (Å²) in [6, 6.07) is 0. The first-order chi connectivity index (χ1) is 6.86. The minimum absolute atomic E-state index is 0.439. The van der Waals surface area contributed by atoms with Crippen molar-refractivity contribution in [2.75, 3.05) is 0 Å². The molecule has 1 aromatic heterocycles. The maximum Gasteiger partial charge on any atom is 0.0985 e. The lowest BCUT2D eigenvalue weighted by Gasteiger charge is -2.15. The van der Waals surface area contributed by atoms with Crippen LogP contribution in [0.5, 0.6) is 0 Å². The predicted octanol–water partition coefficient (Wildman–Crippen LogP) is 2.92. The molecule has 3 heterocycles. The highest BCUT2D eigenvalue weighted by molar-refractivity contribution is 7.11. The third-order valence-corrected chi connectivity index (χ3v) is 4.70. The summed E-state index contributed by atoms with van der Waals surface area (Å²) in [5.74, 6) is 1.13. The van der Waals surface area contributed by atoms with E-state index in [0.29, 0.717) is 24.0 Å². The van der Waals surface area contributed by atoms with Crippen LogP contribution in [0.15, 0.2) is 6.20 Å². The fourth-order valence-electron chi connectivity index (χ4n) is 2.45. The van der Waals surface area contributed by atoms with Gasteiger partial charge >= 0.3 is 0 Å². The number of rotatable bonds is 2. The van der Waals surface area contributed by atoms with E-state index in [1.54, 1.807) is 11.3 Å². The zero-order valence-corrected chi connectivity index (χ0v) is 9.35. The summed E-state index contributed by atoms with van der Waals surface area (Å²) >= 11 is 7.51. The lowest BCUT2D eigenvalue weighted by molar-refractivity contribution is 0.101. The van der Waals surface area contributed by atoms with Crippen LogP contribution in [-0.4, -0.2) is 17.2 Å². The van der Waals surface area contributed by atoms with Crippen LogP contribution in [0.3, 0.4) is 0 Å². The van der Waals surface area contributed by atoms with Crippen molar-refractivity contribution in [3.8, 4) is 0 Å². The minimum Gasteiger partial charge on any atom is -0.374 e. The number of alkyl halides is 1. The topological polar surface area (TPSA) is 22.1 Å². The number of ether oxygens (including phenoxy) is 1. The lowest BCUT2D eigenvalue weighted by atomic mass is 9.90. The van der Waals surface area contributed by atoms with E-state index in [-0.39, 0.29) is 0 Å². The second kappa shape index (κ2) is 3.47. The SMILES string of the molecule is ClCc1cnc(C2CC3CCC2O3)s1. The lowest BCUT2D eigenvalue weighted by Crippen LogP contribution is -2.13. The van der Waals surface area contributed by atoms with Gasteiger partial charge in [0.2, 0.25) is 0 Å². The maximum absolute atomic E-state index is 5.82. The van der Waals surface area contributed by atoms with Crippen molar-refractivity contribution in [2.45, 2.75) is 43.3 Å². The van der Waals surface area contributed by atoms with Gasteiger partial charge in [-0.15, -0.1) is 22.9 Å². The van der Waals surface area contributed by atoms with Gasteiger partial charge in [0.05, 0.1) is 23.1 Å². The maximum atomic E-state index is 5.82. The first-order valence-corrected chi connectivity index (χ1v) is 6.38. The van der Waals surface area contributed by atoms with E-state index in [9.17, 15) is 0 Å². The van der Waals surface area contributed by atoms with Gasteiger partial charge in [-0.2, -0.15) is 0 Å². The van der Waals surface area contributed by atoms with E-state index in [2.05, 4.69) is 4.98 Å². The van der Waals surface area contributed by atoms with Crippen molar-refractivity contribution in [2.24, 2.45) is 0 Å². The molecule has 2 bridgehead atoms. The summed E-state index contributed by atoms with van der Waals surface area (Å²) in [6.07, 6.45) is 6.47. The zero-order chi connectivity index (χ0) is 9.54. The van der Waals surface area contributed by atoms with E-state index in [4.69, 9.17) is 16.3 Å². The molecule has 0 aliphatic carbocycles. The molecule has 0 amide bonds. The number of halogens is 1. The average molecular weight is 230 g/mol. The molecule has 0 spiro atoms. The molecular weight excluding hydrogens is 218 g/mol. The van der Waals surface area contributed by atoms with Crippen molar-refractivity contribution < 1.29 is 4.74 Å². The average Bonchev–Trinajstić information content (AvgIpc) is 2.93. The fraction of sp³-hybridized carbons (Fsp3) is 0.700. The summed E-state index contributed by atoms with van der Waals surface area (Å²) in [6.45, 7) is 0. The van der Waals surface area contributed by atoms with Gasteiger partial charge in [0.25, 0.3) is 0 Å². The van der Waals surface area contributed by atoms with Crippen molar-refractivity contribution in [3.05, 3.63) is 16.1 Å². The minimum atomic E-state index is 0.439. The Morgan fingerprint density at radius 3 is 3.07 bits per heavy atom. The Morgan fingerprint density at radius 1 is 1.57 bits per heavy atom. The van der Waals surface area contributed by atoms with E-state index in [0.717, 1.165) is 0 Å². The quantitative estimate of drug-likeness (QED) is 0.728. The highest BCUT2D eigenvalue weighted by Crippen LogP contribution is 2.45. The second-order valence-electron chi connectivity index (χ2n) is 4.01. The Kier molecular flexibility index (Phi) is 2.26. The second-order valence-corrected chi connectivity index (χ2v) is 5.43. The van der Waals surface area contributed by atoms with Crippen LogP contribution >= 0.6 is 22.9 Å². The molecule has 2 aliphatic rings. The van der Waals surface area contributed by atoms with E-state index in [1.165, 1.54) is 29.1 Å². The van der Waals surface area contributed by atoms with Crippen molar-refractivity contribution >= 4 is 22.9 Å². The van der Waals surface area contributed by atoms with Gasteiger partial charge in [-0.05, 0) is 19.3 Å². The third-order valence-electron chi connectivity index (χ3n) is 3.13. The Balaban J connectivity index is 1.82. The smallest absolute Gasteiger partial charge is 0.0985 e. The van der Waals surface area contributed by atoms with Crippen LogP contribution in [0.4, 0.5) is 0 Å². The molecule has 3 unspecified atom stereocenters. The van der Waals surface area contributed by atoms with Crippen molar-refractivity contribution in [1.82, 2.24) is 4.98 Å². The molecule has 2 nitrogen and oxygen atoms in total.